The van der Waals surface area contributed by atoms with E-state index in [0.29, 0.717) is 13.2 Å². The van der Waals surface area contributed by atoms with Crippen molar-refractivity contribution in [3.8, 4) is 11.5 Å². The van der Waals surface area contributed by atoms with Crippen molar-refractivity contribution >= 4 is 5.91 Å². The second kappa shape index (κ2) is 6.76. The molecule has 2 heterocycles. The summed E-state index contributed by atoms with van der Waals surface area (Å²) >= 11 is 0. The van der Waals surface area contributed by atoms with Crippen LogP contribution in [0.1, 0.15) is 5.56 Å². The number of ether oxygens (including phenoxy) is 3. The molecule has 0 unspecified atom stereocenters. The molecule has 2 bridgehead atoms. The largest absolute Gasteiger partial charge is 0.497 e. The maximum absolute atomic E-state index is 12.4. The number of methoxy groups -OCH3 is 2. The van der Waals surface area contributed by atoms with Gasteiger partial charge in [-0.15, -0.1) is 0 Å². The topological polar surface area (TPSA) is 51.2 Å². The SMILES string of the molecule is COc1cc(CN2C[C@@H]3COC[C@H](C2)N(C)C3=O)cc(OC)c1. The normalized spacial score (nSPS) is 25.2. The van der Waals surface area contributed by atoms with Crippen molar-refractivity contribution in [3.63, 3.8) is 0 Å². The van der Waals surface area contributed by atoms with Gasteiger partial charge in [-0.05, 0) is 17.7 Å². The zero-order valence-electron chi connectivity index (χ0n) is 13.9. The lowest BCUT2D eigenvalue weighted by atomic mass is 10.1. The molecule has 2 aliphatic rings. The number of likely N-dealkylation sites (N-methyl/N-ethyl adjacent to an activating group) is 1. The molecule has 0 aliphatic carbocycles. The number of rotatable bonds is 4. The molecule has 126 valence electrons. The fourth-order valence-corrected chi connectivity index (χ4v) is 3.33. The van der Waals surface area contributed by atoms with Gasteiger partial charge in [-0.3, -0.25) is 9.69 Å². The van der Waals surface area contributed by atoms with Crippen LogP contribution in [0, 0.1) is 5.92 Å². The van der Waals surface area contributed by atoms with Crippen LogP contribution in [-0.4, -0.2) is 69.3 Å². The van der Waals surface area contributed by atoms with Crippen molar-refractivity contribution in [1.82, 2.24) is 9.80 Å². The van der Waals surface area contributed by atoms with Crippen LogP contribution in [0.15, 0.2) is 18.2 Å². The van der Waals surface area contributed by atoms with E-state index < -0.39 is 0 Å². The molecular weight excluding hydrogens is 296 g/mol. The third-order valence-corrected chi connectivity index (χ3v) is 4.64. The number of carbonyl (C=O) groups is 1. The van der Waals surface area contributed by atoms with Crippen LogP contribution in [0.3, 0.4) is 0 Å². The number of nitrogens with zero attached hydrogens (tertiary/aromatic N) is 2. The Kier molecular flexibility index (Phi) is 4.73. The Morgan fingerprint density at radius 3 is 2.48 bits per heavy atom. The fraction of sp³-hybridized carbons (Fsp3) is 0.588. The van der Waals surface area contributed by atoms with Crippen molar-refractivity contribution < 1.29 is 19.0 Å². The van der Waals surface area contributed by atoms with Gasteiger partial charge in [0.1, 0.15) is 11.5 Å². The predicted molar refractivity (Wildman–Crippen MR) is 85.7 cm³/mol. The van der Waals surface area contributed by atoms with Crippen molar-refractivity contribution in [2.24, 2.45) is 5.92 Å². The highest BCUT2D eigenvalue weighted by atomic mass is 16.5. The Morgan fingerprint density at radius 1 is 1.13 bits per heavy atom. The van der Waals surface area contributed by atoms with Crippen molar-refractivity contribution in [3.05, 3.63) is 23.8 Å². The summed E-state index contributed by atoms with van der Waals surface area (Å²) < 4.78 is 16.3. The zero-order valence-corrected chi connectivity index (χ0v) is 13.9. The van der Waals surface area contributed by atoms with Crippen LogP contribution >= 0.6 is 0 Å². The summed E-state index contributed by atoms with van der Waals surface area (Å²) in [7, 11) is 5.19. The molecule has 2 saturated heterocycles. The molecule has 1 amide bonds. The van der Waals surface area contributed by atoms with Gasteiger partial charge in [-0.1, -0.05) is 0 Å². The summed E-state index contributed by atoms with van der Waals surface area (Å²) in [5.74, 6) is 1.68. The van der Waals surface area contributed by atoms with Gasteiger partial charge in [0.25, 0.3) is 0 Å². The van der Waals surface area contributed by atoms with E-state index in [0.717, 1.165) is 36.7 Å². The first-order valence-corrected chi connectivity index (χ1v) is 7.89. The predicted octanol–water partition coefficient (Wildman–Crippen LogP) is 0.993. The van der Waals surface area contributed by atoms with Gasteiger partial charge < -0.3 is 19.1 Å². The third kappa shape index (κ3) is 3.43. The average Bonchev–Trinajstić information content (AvgIpc) is 2.73. The lowest BCUT2D eigenvalue weighted by Crippen LogP contribution is -2.42. The van der Waals surface area contributed by atoms with Crippen LogP contribution in [0.2, 0.25) is 0 Å². The standard InChI is InChI=1S/C17H24N2O4/c1-18-14-9-19(8-13(17(18)20)10-23-11-14)7-12-4-15(21-2)6-16(5-12)22-3/h4-6,13-14H,7-11H2,1-3H3/t13-,14+/m1/s1. The maximum Gasteiger partial charge on any atom is 0.229 e. The molecular formula is C17H24N2O4. The monoisotopic (exact) mass is 320 g/mol. The Bertz CT molecular complexity index is 555. The second-order valence-electron chi connectivity index (χ2n) is 6.25. The van der Waals surface area contributed by atoms with Gasteiger partial charge in [-0.2, -0.15) is 0 Å². The Labute approximate surface area is 136 Å². The number of carbonyl (C=O) groups excluding carboxylic acids is 1. The van der Waals surface area contributed by atoms with E-state index in [2.05, 4.69) is 4.90 Å². The summed E-state index contributed by atoms with van der Waals surface area (Å²) in [6.07, 6.45) is 0. The van der Waals surface area contributed by atoms with Gasteiger partial charge in [0.2, 0.25) is 5.91 Å². The minimum Gasteiger partial charge on any atom is -0.497 e. The van der Waals surface area contributed by atoms with E-state index in [1.807, 2.05) is 30.1 Å². The fourth-order valence-electron chi connectivity index (χ4n) is 3.33. The van der Waals surface area contributed by atoms with E-state index in [-0.39, 0.29) is 17.9 Å². The van der Waals surface area contributed by atoms with E-state index in [1.165, 1.54) is 0 Å². The smallest absolute Gasteiger partial charge is 0.229 e. The molecule has 0 radical (unpaired) electrons. The van der Waals surface area contributed by atoms with Crippen LogP contribution in [-0.2, 0) is 16.1 Å². The van der Waals surface area contributed by atoms with Gasteiger partial charge in [0.15, 0.2) is 0 Å². The zero-order chi connectivity index (χ0) is 16.4. The minimum atomic E-state index is -0.0833. The first-order valence-electron chi connectivity index (χ1n) is 7.89. The van der Waals surface area contributed by atoms with Gasteiger partial charge in [0, 0.05) is 32.7 Å². The second-order valence-corrected chi connectivity index (χ2v) is 6.25. The van der Waals surface area contributed by atoms with E-state index in [9.17, 15) is 4.79 Å². The molecule has 2 aliphatic heterocycles. The van der Waals surface area contributed by atoms with Gasteiger partial charge >= 0.3 is 0 Å². The lowest BCUT2D eigenvalue weighted by molar-refractivity contribution is -0.133. The highest BCUT2D eigenvalue weighted by Crippen LogP contribution is 2.25. The summed E-state index contributed by atoms with van der Waals surface area (Å²) in [4.78, 5) is 16.6. The molecule has 1 aromatic rings. The minimum absolute atomic E-state index is 0.0833. The first kappa shape index (κ1) is 16.1. The van der Waals surface area contributed by atoms with Crippen LogP contribution in [0.25, 0.3) is 0 Å². The molecule has 0 aromatic heterocycles. The van der Waals surface area contributed by atoms with E-state index in [4.69, 9.17) is 14.2 Å². The molecule has 6 nitrogen and oxygen atoms in total. The molecule has 0 saturated carbocycles. The van der Waals surface area contributed by atoms with Crippen molar-refractivity contribution in [2.45, 2.75) is 12.6 Å². The molecule has 23 heavy (non-hydrogen) atoms. The number of amides is 1. The van der Waals surface area contributed by atoms with Crippen LogP contribution in [0.4, 0.5) is 0 Å². The van der Waals surface area contributed by atoms with Crippen LogP contribution < -0.4 is 9.47 Å². The van der Waals surface area contributed by atoms with Gasteiger partial charge in [-0.25, -0.2) is 0 Å². The highest BCUT2D eigenvalue weighted by Gasteiger charge is 2.37. The molecule has 6 heteroatoms. The van der Waals surface area contributed by atoms with E-state index in [1.54, 1.807) is 14.2 Å². The number of fused-ring (bicyclic) bond motifs is 3. The Hall–Kier alpha value is -1.79. The average molecular weight is 320 g/mol. The molecule has 1 aromatic carbocycles. The number of hydrogen-bond acceptors (Lipinski definition) is 5. The van der Waals surface area contributed by atoms with Crippen molar-refractivity contribution in [1.29, 1.82) is 0 Å². The Balaban J connectivity index is 1.79. The number of hydrogen-bond donors (Lipinski definition) is 0. The summed E-state index contributed by atoms with van der Waals surface area (Å²) in [5.41, 5.74) is 1.12. The molecule has 0 N–H and O–H groups in total. The molecule has 0 spiro atoms. The summed E-state index contributed by atoms with van der Waals surface area (Å²) in [6, 6.07) is 6.02. The van der Waals surface area contributed by atoms with Crippen molar-refractivity contribution in [2.75, 3.05) is 47.6 Å². The van der Waals surface area contributed by atoms with Crippen LogP contribution in [0.5, 0.6) is 11.5 Å². The Morgan fingerprint density at radius 2 is 1.83 bits per heavy atom. The van der Waals surface area contributed by atoms with Gasteiger partial charge in [0.05, 0.1) is 39.4 Å². The van der Waals surface area contributed by atoms with E-state index >= 15 is 0 Å². The highest BCUT2D eigenvalue weighted by molar-refractivity contribution is 5.79. The molecule has 2 atom stereocenters. The quantitative estimate of drug-likeness (QED) is 0.828. The maximum atomic E-state index is 12.4. The number of benzene rings is 1. The molecule has 3 rings (SSSR count). The lowest BCUT2D eigenvalue weighted by Gasteiger charge is -2.29. The third-order valence-electron chi connectivity index (χ3n) is 4.64. The first-order chi connectivity index (χ1) is 11.1. The molecule has 2 fully saturated rings. The summed E-state index contributed by atoms with van der Waals surface area (Å²) in [6.45, 7) is 3.42. The summed E-state index contributed by atoms with van der Waals surface area (Å²) in [5, 5.41) is 0.